The fraction of sp³-hybridized carbons (Fsp3) is 0. The summed E-state index contributed by atoms with van der Waals surface area (Å²) in [4.78, 5) is 13.5. The number of rotatable bonds is 5. The summed E-state index contributed by atoms with van der Waals surface area (Å²) in [5.41, 5.74) is -7.20. The molecule has 5 nitrogen and oxygen atoms in total. The Morgan fingerprint density at radius 1 is 0.306 bits per heavy atom. The third kappa shape index (κ3) is 5.18. The van der Waals surface area contributed by atoms with Gasteiger partial charge in [0.2, 0.25) is 5.95 Å². The van der Waals surface area contributed by atoms with E-state index in [9.17, 15) is 17.8 Å². The second-order valence-electron chi connectivity index (χ2n) is 13.4. The smallest absolute Gasteiger partial charge is 0.238 e. The molecule has 0 unspecified atom stereocenters. The number of para-hydroxylation sites is 2. The van der Waals surface area contributed by atoms with Crippen molar-refractivity contribution in [3.63, 3.8) is 0 Å². The summed E-state index contributed by atoms with van der Waals surface area (Å²) in [6.45, 7) is 0. The van der Waals surface area contributed by atoms with E-state index in [0.29, 0.717) is 0 Å². The van der Waals surface area contributed by atoms with Crippen LogP contribution in [0.5, 0.6) is 0 Å². The Morgan fingerprint density at radius 2 is 0.774 bits per heavy atom. The van der Waals surface area contributed by atoms with E-state index in [-0.39, 0.29) is 0 Å². The third-order valence-corrected chi connectivity index (χ3v) is 10.1. The second-order valence-corrected chi connectivity index (χ2v) is 13.4. The minimum Gasteiger partial charge on any atom is -0.307 e. The highest BCUT2D eigenvalue weighted by atomic mass is 15.2. The van der Waals surface area contributed by atoms with Crippen LogP contribution < -0.4 is 0 Å². The normalized spacial score (nSPS) is 19.5. The molecule has 3 aromatic heterocycles. The first-order valence-corrected chi connectivity index (χ1v) is 18.3. The van der Waals surface area contributed by atoms with Gasteiger partial charge < -0.3 is 4.57 Å². The Morgan fingerprint density at radius 3 is 1.42 bits per heavy atom. The molecule has 62 heavy (non-hydrogen) atoms. The zero-order valence-corrected chi connectivity index (χ0v) is 30.8. The van der Waals surface area contributed by atoms with E-state index in [1.54, 1.807) is 0 Å². The van der Waals surface area contributed by atoms with E-state index < -0.39 is 327 Å². The Balaban J connectivity index is 1.30. The average molecular weight is 824 g/mol. The number of benzene rings is 10. The van der Waals surface area contributed by atoms with E-state index in [2.05, 4.69) is 15.0 Å². The first-order valence-electron chi connectivity index (χ1n) is 35.3. The highest BCUT2D eigenvalue weighted by molar-refractivity contribution is 6.26. The van der Waals surface area contributed by atoms with Crippen LogP contribution in [-0.4, -0.2) is 24.1 Å². The number of aromatic nitrogens is 5. The van der Waals surface area contributed by atoms with Gasteiger partial charge in [0, 0.05) is 38.4 Å². The molecule has 0 bridgehead atoms. The van der Waals surface area contributed by atoms with Crippen LogP contribution >= 0.6 is 0 Å². The predicted molar refractivity (Wildman–Crippen MR) is 257 cm³/mol. The van der Waals surface area contributed by atoms with Gasteiger partial charge in [0.1, 0.15) is 0 Å². The van der Waals surface area contributed by atoms with Gasteiger partial charge in [0.25, 0.3) is 0 Å². The van der Waals surface area contributed by atoms with Gasteiger partial charge in [-0.15, -0.1) is 0 Å². The molecule has 288 valence electrons. The molecule has 5 heteroatoms. The van der Waals surface area contributed by atoms with Crippen LogP contribution in [0.25, 0.3) is 121 Å². The van der Waals surface area contributed by atoms with E-state index >= 15 is 0 Å². The van der Waals surface area contributed by atoms with Crippen molar-refractivity contribution >= 4 is 75.9 Å². The fourth-order valence-electron chi connectivity index (χ4n) is 7.57. The van der Waals surface area contributed by atoms with Gasteiger partial charge in [-0.1, -0.05) is 181 Å². The van der Waals surface area contributed by atoms with Crippen LogP contribution in [-0.2, 0) is 0 Å². The molecule has 10 aromatic carbocycles. The summed E-state index contributed by atoms with van der Waals surface area (Å²) >= 11 is 0. The lowest BCUT2D eigenvalue weighted by Gasteiger charge is -2.15. The summed E-state index contributed by atoms with van der Waals surface area (Å²) in [7, 11) is 0. The van der Waals surface area contributed by atoms with Crippen molar-refractivity contribution in [1.82, 2.24) is 24.1 Å². The highest BCUT2D eigenvalue weighted by Crippen LogP contribution is 2.43. The number of nitrogens with zero attached hydrogens (tertiary/aromatic N) is 5. The molecule has 3 heterocycles. The SMILES string of the molecule is [2H]c1cc2c(c([2H])c1[2H])c1c([2H])c([2H])c3c4c([2H])c([2H])c([2H])c([2H])c4n(-c4c([2H])c([2H])c([2H])c(-c5c([2H])c([2H])c6c7c([2H])c([2H])c([2H])c([2H])c7c7c([2H])c([2H])c([2H])c([2H])c7c6c5[2H])c4[2H])c3c1n2-c1nc(-c2c([2H])c([2H])c([2H])c([2H])c2[2H])nc(-c2c([2H])c([2H])c([2H])c([2H])c2[2H])n1. The van der Waals surface area contributed by atoms with Crippen molar-refractivity contribution in [2.75, 3.05) is 0 Å². The Labute approximate surface area is 404 Å². The monoisotopic (exact) mass is 824 g/mol. The van der Waals surface area contributed by atoms with Crippen molar-refractivity contribution in [3.05, 3.63) is 212 Å². The Kier molecular flexibility index (Phi) is 3.27. The molecule has 0 atom stereocenters. The molecule has 0 spiro atoms. The summed E-state index contributed by atoms with van der Waals surface area (Å²) in [5, 5.41) is -6.06. The molecule has 0 saturated heterocycles. The van der Waals surface area contributed by atoms with Gasteiger partial charge >= 0.3 is 0 Å². The molecule has 0 saturated carbocycles. The molecule has 0 aliphatic rings. The summed E-state index contributed by atoms with van der Waals surface area (Å²) in [6, 6.07) is -31.7. The van der Waals surface area contributed by atoms with Gasteiger partial charge in [-0.3, -0.25) is 4.57 Å². The standard InChI is InChI=1S/C57H35N5/c1-3-16-36(17-4-1)55-58-56(37-18-5-2-6-19-37)60-57(59-55)62-52-29-14-12-27-47(52)49-33-32-48-46-26-11-13-28-51(46)61(53(48)54(49)62)40-21-15-20-38(34-40)39-30-31-45-43-24-8-7-22-41(43)42-23-9-10-25-44(42)50(45)35-39/h1-35H/i1D,2D,3D,4D,5D,6D,7D,8D,9D,10D,11D,12D,13D,14D,15D,16D,17D,18D,19D,20D,21D,22D,23D,24D,25D,26D,27D,28D,30D,31D,32D,33D,34D,35D. The first-order chi connectivity index (χ1) is 44.9. The fourth-order valence-corrected chi connectivity index (χ4v) is 7.57. The van der Waals surface area contributed by atoms with Gasteiger partial charge in [-0.2, -0.15) is 9.97 Å². The van der Waals surface area contributed by atoms with E-state index in [0.717, 1.165) is 15.2 Å². The highest BCUT2D eigenvalue weighted by Gasteiger charge is 2.24. The van der Waals surface area contributed by atoms with Crippen LogP contribution in [0.2, 0.25) is 0 Å². The largest absolute Gasteiger partial charge is 0.307 e. The topological polar surface area (TPSA) is 48.5 Å². The summed E-state index contributed by atoms with van der Waals surface area (Å²) in [5.74, 6) is -2.70. The van der Waals surface area contributed by atoms with Crippen molar-refractivity contribution in [2.24, 2.45) is 0 Å². The molecule has 0 amide bonds. The van der Waals surface area contributed by atoms with Crippen molar-refractivity contribution in [1.29, 1.82) is 0 Å². The van der Waals surface area contributed by atoms with Gasteiger partial charge in [-0.05, 0) is 73.7 Å². The van der Waals surface area contributed by atoms with E-state index in [1.165, 1.54) is 0 Å². The lowest BCUT2D eigenvalue weighted by molar-refractivity contribution is 0.953. The molecule has 0 N–H and O–H groups in total. The summed E-state index contributed by atoms with van der Waals surface area (Å²) < 4.78 is 313. The number of fused-ring (bicyclic) bond motifs is 13. The Bertz CT molecular complexity index is 5770. The van der Waals surface area contributed by atoms with Crippen molar-refractivity contribution < 1.29 is 46.6 Å². The second kappa shape index (κ2) is 13.6. The van der Waals surface area contributed by atoms with E-state index in [4.69, 9.17) is 28.8 Å². The number of hydrogen-bond donors (Lipinski definition) is 0. The lowest BCUT2D eigenvalue weighted by Crippen LogP contribution is -2.07. The molecule has 0 aliphatic carbocycles. The minimum absolute atomic E-state index is 0.488. The minimum atomic E-state index is -1.20. The quantitative estimate of drug-likeness (QED) is 0.162. The molecular weight excluding hydrogens is 755 g/mol. The van der Waals surface area contributed by atoms with Crippen LogP contribution in [0.4, 0.5) is 0 Å². The first kappa shape index (κ1) is 14.9. The molecule has 0 fully saturated rings. The average Bonchev–Trinajstić information content (AvgIpc) is 1.39. The van der Waals surface area contributed by atoms with Crippen LogP contribution in [0.3, 0.4) is 0 Å². The van der Waals surface area contributed by atoms with Crippen LogP contribution in [0.1, 0.15) is 46.6 Å². The number of hydrogen-bond acceptors (Lipinski definition) is 3. The third-order valence-electron chi connectivity index (χ3n) is 10.1. The molecule has 0 radical (unpaired) electrons. The molecule has 0 aliphatic heterocycles. The molecular formula is C57H35N5. The maximum absolute atomic E-state index is 10.3. The summed E-state index contributed by atoms with van der Waals surface area (Å²) in [6.07, 6.45) is 0. The zero-order valence-electron chi connectivity index (χ0n) is 64.8. The van der Waals surface area contributed by atoms with Gasteiger partial charge in [-0.25, -0.2) is 4.98 Å². The van der Waals surface area contributed by atoms with Crippen LogP contribution in [0, 0.1) is 0 Å². The maximum Gasteiger partial charge on any atom is 0.238 e. The predicted octanol–water partition coefficient (Wildman–Crippen LogP) is 14.5. The maximum atomic E-state index is 10.3. The molecule has 13 aromatic rings. The van der Waals surface area contributed by atoms with Gasteiger partial charge in [0.15, 0.2) is 11.6 Å². The lowest BCUT2D eigenvalue weighted by atomic mass is 9.92. The zero-order chi connectivity index (χ0) is 70.3. The molecule has 13 rings (SSSR count). The van der Waals surface area contributed by atoms with Crippen LogP contribution in [0.15, 0.2) is 212 Å². The van der Waals surface area contributed by atoms with Crippen molar-refractivity contribution in [3.8, 4) is 45.5 Å². The van der Waals surface area contributed by atoms with Crippen molar-refractivity contribution in [2.45, 2.75) is 0 Å². The van der Waals surface area contributed by atoms with Gasteiger partial charge in [0.05, 0.1) is 68.7 Å². The Hall–Kier alpha value is -8.41. The van der Waals surface area contributed by atoms with E-state index in [1.807, 2.05) is 0 Å².